The fraction of sp³-hybridized carbons (Fsp3) is 0.306. The topological polar surface area (TPSA) is 13.0 Å². The van der Waals surface area contributed by atoms with Crippen molar-refractivity contribution >= 4 is 102 Å². The van der Waals surface area contributed by atoms with Crippen LogP contribution in [0, 0.1) is 0 Å². The van der Waals surface area contributed by atoms with Crippen LogP contribution < -0.4 is 25.6 Å². The first-order chi connectivity index (χ1) is 40.2. The molecule has 9 heteroatoms. The summed E-state index contributed by atoms with van der Waals surface area (Å²) in [4.78, 5) is 13.2. The Morgan fingerprint density at radius 2 is 1.36 bits per heavy atom. The molecule has 4 aliphatic heterocycles. The van der Waals surface area contributed by atoms with E-state index in [9.17, 15) is 0 Å². The van der Waals surface area contributed by atoms with E-state index in [1.807, 2.05) is 11.3 Å². The van der Waals surface area contributed by atoms with Gasteiger partial charge in [-0.05, 0) is 130 Å². The first-order valence-corrected chi connectivity index (χ1v) is 33.3. The Morgan fingerprint density at radius 3 is 2.20 bits per heavy atom. The third kappa shape index (κ3) is 8.08. The fourth-order valence-corrected chi connectivity index (χ4v) is 22.4. The van der Waals surface area contributed by atoms with E-state index in [4.69, 9.17) is 0 Å². The normalized spacial score (nSPS) is 28.8. The van der Waals surface area contributed by atoms with Gasteiger partial charge in [0.15, 0.2) is 6.71 Å². The van der Waals surface area contributed by atoms with Gasteiger partial charge in [0, 0.05) is 94.4 Å². The number of nitrogens with zero attached hydrogens (tertiary/aromatic N) is 4. The number of fused-ring (bicyclic) bond motifs is 11. The van der Waals surface area contributed by atoms with E-state index < -0.39 is 0 Å². The molecule has 4 nitrogen and oxygen atoms in total. The van der Waals surface area contributed by atoms with Crippen molar-refractivity contribution in [2.45, 2.75) is 139 Å². The maximum atomic E-state index is 3.07. The lowest BCUT2D eigenvalue weighted by Crippen LogP contribution is -2.69. The molecule has 0 radical (unpaired) electrons. The second-order valence-corrected chi connectivity index (χ2v) is 28.5. The molecule has 4 fully saturated rings. The maximum Gasteiger partial charge on any atom is 0.221 e. The summed E-state index contributed by atoms with van der Waals surface area (Å²) in [6.07, 6.45) is 38.5. The lowest BCUT2D eigenvalue weighted by atomic mass is 9.23. The van der Waals surface area contributed by atoms with E-state index >= 15 is 0 Å². The molecule has 6 aromatic carbocycles. The van der Waals surface area contributed by atoms with Crippen LogP contribution in [0.25, 0.3) is 20.2 Å². The number of anilines is 4. The molecule has 2 saturated carbocycles. The van der Waals surface area contributed by atoms with Crippen LogP contribution >= 0.6 is 34.9 Å². The lowest BCUT2D eigenvalue weighted by molar-refractivity contribution is 0.100. The van der Waals surface area contributed by atoms with Crippen molar-refractivity contribution in [3.8, 4) is 0 Å². The summed E-state index contributed by atoms with van der Waals surface area (Å²) in [6.45, 7) is 0.684. The predicted molar refractivity (Wildman–Crippen MR) is 350 cm³/mol. The minimum Gasteiger partial charge on any atom is -0.369 e. The molecular formula is C72H68B2N4S3. The van der Waals surface area contributed by atoms with Crippen molar-refractivity contribution < 1.29 is 0 Å². The summed E-state index contributed by atoms with van der Waals surface area (Å²) in [5.74, 6) is 1.25. The molecular weight excluding hydrogens is 1040 g/mol. The summed E-state index contributed by atoms with van der Waals surface area (Å²) >= 11 is 6.52. The second kappa shape index (κ2) is 20.3. The largest absolute Gasteiger partial charge is 0.369 e. The van der Waals surface area contributed by atoms with Crippen LogP contribution in [0.5, 0.6) is 0 Å². The number of allylic oxidation sites excluding steroid dienone is 9. The van der Waals surface area contributed by atoms with E-state index in [-0.39, 0.29) is 18.8 Å². The highest BCUT2D eigenvalue weighted by atomic mass is 32.2. The molecule has 5 heterocycles. The van der Waals surface area contributed by atoms with Crippen LogP contribution in [0.3, 0.4) is 0 Å². The van der Waals surface area contributed by atoms with E-state index in [0.717, 1.165) is 38.5 Å². The van der Waals surface area contributed by atoms with Gasteiger partial charge in [-0.15, -0.1) is 23.1 Å². The Hall–Kier alpha value is -6.25. The SMILES string of the molecule is C1=CCCC(N(C2CCCCC2)C2CC3C4B(C5=CC6B7c8ccccc8SC8C=C(N(c9ccccc9)C9C=CC=CC9)CC(SC6C=C5N3c3cccc5c3sc3ccccc35)C78)c3ccccc3N(c3ccccc3)C4C2)=C1. The molecule has 17 rings (SSSR count). The molecule has 0 N–H and O–H groups in total. The summed E-state index contributed by atoms with van der Waals surface area (Å²) in [5, 5.41) is 3.96. The molecule has 1 aromatic heterocycles. The molecule has 0 bridgehead atoms. The quantitative estimate of drug-likeness (QED) is 0.140. The molecule has 6 aliphatic carbocycles. The molecule has 7 aromatic rings. The van der Waals surface area contributed by atoms with Crippen LogP contribution in [-0.4, -0.2) is 64.3 Å². The average molecular weight is 1110 g/mol. The van der Waals surface area contributed by atoms with E-state index in [1.165, 1.54) is 96.8 Å². The highest BCUT2D eigenvalue weighted by Gasteiger charge is 2.62. The van der Waals surface area contributed by atoms with Crippen molar-refractivity contribution in [3.05, 3.63) is 235 Å². The number of thiophene rings is 1. The zero-order chi connectivity index (χ0) is 53.1. The van der Waals surface area contributed by atoms with Crippen molar-refractivity contribution in [1.29, 1.82) is 0 Å². The zero-order valence-electron chi connectivity index (χ0n) is 46.0. The highest BCUT2D eigenvalue weighted by Crippen LogP contribution is 2.63. The zero-order valence-corrected chi connectivity index (χ0v) is 48.5. The van der Waals surface area contributed by atoms with Gasteiger partial charge in [0.25, 0.3) is 0 Å². The molecule has 0 spiro atoms. The molecule has 0 amide bonds. The second-order valence-electron chi connectivity index (χ2n) is 24.8. The first-order valence-electron chi connectivity index (χ1n) is 30.7. The standard InChI is InChI=1S/C72H68B2N4S3/c1-6-23-47(24-7-1)75(48-25-8-2-9-26-48)52-41-63-70-64(42-52)78(61-38-22-34-55-54-33-16-20-39-65(54)81-72(55)61)62-46-67-59(45-58(62)73(70)56-35-17-19-37-60(56)77(63)51-31-14-5-15-32-51)74-57-36-18-21-40-66(57)79-68-43-53(44-69(80-67)71(68)74)76(49-27-10-3-11-28-49)50-29-12-4-13-30-50/h1,3-6,10-23,27-29,31-40,43,45-46,48,50,52,59,63-64,67-71H,2,7-9,24-26,30,41-42,44H2. The van der Waals surface area contributed by atoms with Crippen molar-refractivity contribution in [2.24, 2.45) is 0 Å². The minimum atomic E-state index is 0.263. The summed E-state index contributed by atoms with van der Waals surface area (Å²) in [7, 11) is 0. The van der Waals surface area contributed by atoms with Gasteiger partial charge in [-0.1, -0.05) is 187 Å². The Kier molecular flexibility index (Phi) is 12.4. The average Bonchev–Trinajstić information content (AvgIpc) is 3.91. The van der Waals surface area contributed by atoms with Crippen molar-refractivity contribution in [2.75, 3.05) is 14.7 Å². The Bertz CT molecular complexity index is 3820. The fourth-order valence-electron chi connectivity index (χ4n) is 17.7. The summed E-state index contributed by atoms with van der Waals surface area (Å²) in [6, 6.07) is 60.7. The molecule has 400 valence electrons. The van der Waals surface area contributed by atoms with E-state index in [0.29, 0.717) is 58.0 Å². The third-order valence-corrected chi connectivity index (χ3v) is 24.9. The van der Waals surface area contributed by atoms with Crippen LogP contribution in [0.2, 0.25) is 17.5 Å². The van der Waals surface area contributed by atoms with Gasteiger partial charge >= 0.3 is 0 Å². The van der Waals surface area contributed by atoms with Gasteiger partial charge in [0.1, 0.15) is 0 Å². The van der Waals surface area contributed by atoms with Crippen LogP contribution in [0.1, 0.15) is 70.6 Å². The van der Waals surface area contributed by atoms with Gasteiger partial charge in [-0.2, -0.15) is 11.8 Å². The van der Waals surface area contributed by atoms with Crippen LogP contribution in [0.15, 0.2) is 240 Å². The first kappa shape index (κ1) is 49.4. The highest BCUT2D eigenvalue weighted by molar-refractivity contribution is 8.02. The lowest BCUT2D eigenvalue weighted by Gasteiger charge is -2.62. The smallest absolute Gasteiger partial charge is 0.221 e. The van der Waals surface area contributed by atoms with Gasteiger partial charge in [-0.25, -0.2) is 0 Å². The molecule has 10 atom stereocenters. The number of rotatable bonds is 8. The van der Waals surface area contributed by atoms with Gasteiger partial charge in [-0.3, -0.25) is 0 Å². The molecule has 10 aliphatic rings. The third-order valence-electron chi connectivity index (χ3n) is 20.7. The molecule has 2 saturated heterocycles. The summed E-state index contributed by atoms with van der Waals surface area (Å²) < 4.78 is 2.82. The van der Waals surface area contributed by atoms with Crippen molar-refractivity contribution in [3.63, 3.8) is 0 Å². The monoisotopic (exact) mass is 1110 g/mol. The number of hydrogen-bond acceptors (Lipinski definition) is 7. The van der Waals surface area contributed by atoms with Gasteiger partial charge < -0.3 is 19.6 Å². The van der Waals surface area contributed by atoms with E-state index in [2.05, 4.69) is 256 Å². The maximum absolute atomic E-state index is 3.07. The van der Waals surface area contributed by atoms with Crippen LogP contribution in [0.4, 0.5) is 22.7 Å². The number of thioether (sulfide) groups is 2. The number of para-hydroxylation sites is 3. The number of benzene rings is 6. The number of hydrogen-bond donors (Lipinski definition) is 0. The van der Waals surface area contributed by atoms with Crippen LogP contribution in [-0.2, 0) is 0 Å². The molecule has 81 heavy (non-hydrogen) atoms. The Labute approximate surface area is 492 Å². The Morgan fingerprint density at radius 1 is 0.593 bits per heavy atom. The Balaban J connectivity index is 0.882. The van der Waals surface area contributed by atoms with Crippen molar-refractivity contribution in [1.82, 2.24) is 4.90 Å². The van der Waals surface area contributed by atoms with E-state index in [1.54, 1.807) is 16.6 Å². The predicted octanol–water partition coefficient (Wildman–Crippen LogP) is 16.7. The summed E-state index contributed by atoms with van der Waals surface area (Å²) in [5.41, 5.74) is 14.7. The van der Waals surface area contributed by atoms with Gasteiger partial charge in [0.2, 0.25) is 6.71 Å². The molecule has 10 unspecified atom stereocenters. The van der Waals surface area contributed by atoms with Gasteiger partial charge in [0.05, 0.1) is 16.4 Å². The minimum absolute atomic E-state index is 0.263.